The third-order valence-electron chi connectivity index (χ3n) is 6.62. The summed E-state index contributed by atoms with van der Waals surface area (Å²) in [7, 11) is -1.00. The average molecular weight is 557 g/mol. The molecule has 222 valence electrons. The van der Waals surface area contributed by atoms with Crippen LogP contribution >= 0.6 is 0 Å². The molecule has 0 amide bonds. The standard InChI is InChI=1S/C30H56N2O5S/c1-2-3-4-5-6-7-8-9-10-11-12-13-14-15-16-17-23-36-28-29(37-30-31-20-18-21-32-30)19-26-38(34)27-25-35-24-22-33/h18,20-21,29,33H,2-17,19,22-28H2,1H3. The van der Waals surface area contributed by atoms with Crippen molar-refractivity contribution >= 4 is 10.8 Å². The largest absolute Gasteiger partial charge is 0.458 e. The molecule has 0 bridgehead atoms. The predicted molar refractivity (Wildman–Crippen MR) is 157 cm³/mol. The molecule has 1 N–H and O–H groups in total. The van der Waals surface area contributed by atoms with E-state index in [2.05, 4.69) is 16.9 Å². The fraction of sp³-hybridized carbons (Fsp3) is 0.867. The summed E-state index contributed by atoms with van der Waals surface area (Å²) in [6, 6.07) is 2.07. The Morgan fingerprint density at radius 2 is 1.29 bits per heavy atom. The Hall–Kier alpha value is -1.09. The molecule has 7 nitrogen and oxygen atoms in total. The summed E-state index contributed by atoms with van der Waals surface area (Å²) in [5.74, 6) is 0.955. The zero-order chi connectivity index (χ0) is 27.4. The lowest BCUT2D eigenvalue weighted by Gasteiger charge is -2.18. The zero-order valence-electron chi connectivity index (χ0n) is 24.2. The van der Waals surface area contributed by atoms with Gasteiger partial charge in [-0.25, -0.2) is 9.97 Å². The summed E-state index contributed by atoms with van der Waals surface area (Å²) in [6.45, 7) is 4.08. The van der Waals surface area contributed by atoms with Gasteiger partial charge in [0.15, 0.2) is 0 Å². The van der Waals surface area contributed by atoms with E-state index in [1.165, 1.54) is 96.3 Å². The van der Waals surface area contributed by atoms with Crippen molar-refractivity contribution in [3.8, 4) is 6.01 Å². The minimum atomic E-state index is -1.00. The molecule has 0 spiro atoms. The fourth-order valence-corrected chi connectivity index (χ4v) is 5.36. The van der Waals surface area contributed by atoms with Crippen molar-refractivity contribution in [2.24, 2.45) is 0 Å². The van der Waals surface area contributed by atoms with Crippen LogP contribution in [0.4, 0.5) is 0 Å². The van der Waals surface area contributed by atoms with Crippen LogP contribution in [0.15, 0.2) is 18.5 Å². The first-order valence-corrected chi connectivity index (χ1v) is 16.8. The van der Waals surface area contributed by atoms with Gasteiger partial charge < -0.3 is 19.3 Å². The Bertz CT molecular complexity index is 638. The molecule has 0 fully saturated rings. The van der Waals surface area contributed by atoms with Gasteiger partial charge in [-0.05, 0) is 18.9 Å². The fourth-order valence-electron chi connectivity index (χ4n) is 4.32. The predicted octanol–water partition coefficient (Wildman–Crippen LogP) is 6.65. The summed E-state index contributed by atoms with van der Waals surface area (Å²) < 4.78 is 29.2. The summed E-state index contributed by atoms with van der Waals surface area (Å²) in [5, 5.41) is 8.75. The highest BCUT2D eigenvalue weighted by molar-refractivity contribution is 7.84. The van der Waals surface area contributed by atoms with Crippen molar-refractivity contribution in [3.05, 3.63) is 18.5 Å². The number of aliphatic hydroxyl groups excluding tert-OH is 1. The van der Waals surface area contributed by atoms with E-state index in [1.54, 1.807) is 18.5 Å². The molecule has 0 radical (unpaired) electrons. The van der Waals surface area contributed by atoms with Crippen LogP contribution in [0.25, 0.3) is 0 Å². The van der Waals surface area contributed by atoms with Gasteiger partial charge in [-0.3, -0.25) is 4.21 Å². The Morgan fingerprint density at radius 1 is 0.737 bits per heavy atom. The first-order chi connectivity index (χ1) is 18.8. The molecule has 2 atom stereocenters. The highest BCUT2D eigenvalue weighted by Crippen LogP contribution is 2.14. The summed E-state index contributed by atoms with van der Waals surface area (Å²) >= 11 is 0. The number of ether oxygens (including phenoxy) is 3. The van der Waals surface area contributed by atoms with Crippen LogP contribution in [0.2, 0.25) is 0 Å². The third-order valence-corrected chi connectivity index (χ3v) is 7.93. The highest BCUT2D eigenvalue weighted by Gasteiger charge is 2.14. The molecule has 1 rings (SSSR count). The van der Waals surface area contributed by atoms with Crippen molar-refractivity contribution in [2.45, 2.75) is 122 Å². The van der Waals surface area contributed by atoms with Crippen molar-refractivity contribution in [1.29, 1.82) is 0 Å². The van der Waals surface area contributed by atoms with Crippen LogP contribution < -0.4 is 4.74 Å². The van der Waals surface area contributed by atoms with Crippen molar-refractivity contribution in [3.63, 3.8) is 0 Å². The smallest absolute Gasteiger partial charge is 0.316 e. The van der Waals surface area contributed by atoms with Crippen LogP contribution in [-0.2, 0) is 20.3 Å². The van der Waals surface area contributed by atoms with E-state index in [-0.39, 0.29) is 19.3 Å². The maximum atomic E-state index is 12.2. The first kappa shape index (κ1) is 34.9. The van der Waals surface area contributed by atoms with Crippen LogP contribution in [0.5, 0.6) is 6.01 Å². The van der Waals surface area contributed by atoms with Gasteiger partial charge in [-0.15, -0.1) is 0 Å². The van der Waals surface area contributed by atoms with Crippen LogP contribution in [0.1, 0.15) is 116 Å². The van der Waals surface area contributed by atoms with Gasteiger partial charge in [0.05, 0.1) is 26.4 Å². The van der Waals surface area contributed by atoms with E-state index in [1.807, 2.05) is 0 Å². The van der Waals surface area contributed by atoms with Crippen LogP contribution in [-0.4, -0.2) is 69.9 Å². The second kappa shape index (κ2) is 27.5. The summed E-state index contributed by atoms with van der Waals surface area (Å²) in [4.78, 5) is 8.27. The lowest BCUT2D eigenvalue weighted by atomic mass is 10.0. The molecule has 0 saturated heterocycles. The number of aliphatic hydroxyl groups is 1. The van der Waals surface area contributed by atoms with Gasteiger partial charge in [-0.2, -0.15) is 0 Å². The van der Waals surface area contributed by atoms with Crippen LogP contribution in [0.3, 0.4) is 0 Å². The third kappa shape index (κ3) is 22.9. The molecule has 1 aromatic heterocycles. The average Bonchev–Trinajstić information content (AvgIpc) is 2.93. The second-order valence-corrected chi connectivity index (χ2v) is 11.8. The second-order valence-electron chi connectivity index (χ2n) is 10.1. The van der Waals surface area contributed by atoms with Gasteiger partial charge >= 0.3 is 6.01 Å². The number of hydrogen-bond acceptors (Lipinski definition) is 7. The van der Waals surface area contributed by atoms with Gasteiger partial charge in [0.25, 0.3) is 0 Å². The van der Waals surface area contributed by atoms with E-state index in [0.29, 0.717) is 43.8 Å². The molecular formula is C30H56N2O5S. The van der Waals surface area contributed by atoms with Crippen LogP contribution in [0, 0.1) is 0 Å². The first-order valence-electron chi connectivity index (χ1n) is 15.3. The van der Waals surface area contributed by atoms with E-state index in [4.69, 9.17) is 19.3 Å². The van der Waals surface area contributed by atoms with Gasteiger partial charge in [0, 0.05) is 41.3 Å². The minimum Gasteiger partial charge on any atom is -0.458 e. The lowest BCUT2D eigenvalue weighted by Crippen LogP contribution is -2.27. The molecule has 8 heteroatoms. The number of aromatic nitrogens is 2. The summed E-state index contributed by atoms with van der Waals surface area (Å²) in [6.07, 6.45) is 25.3. The Morgan fingerprint density at radius 3 is 1.84 bits per heavy atom. The van der Waals surface area contributed by atoms with E-state index < -0.39 is 10.8 Å². The van der Waals surface area contributed by atoms with Gasteiger partial charge in [-0.1, -0.05) is 103 Å². The molecule has 2 unspecified atom stereocenters. The normalized spacial score (nSPS) is 13.0. The quantitative estimate of drug-likeness (QED) is 0.110. The molecule has 0 aliphatic carbocycles. The maximum absolute atomic E-state index is 12.2. The van der Waals surface area contributed by atoms with Crippen molar-refractivity contribution in [2.75, 3.05) is 44.5 Å². The molecule has 1 heterocycles. The molecule has 0 aromatic carbocycles. The Balaban J connectivity index is 2.02. The summed E-state index contributed by atoms with van der Waals surface area (Å²) in [5.41, 5.74) is 0. The molecular weight excluding hydrogens is 500 g/mol. The Kier molecular flexibility index (Phi) is 25.3. The SMILES string of the molecule is CCCCCCCCCCCCCCCCCCOCC(CCS(=O)CCOCCO)Oc1ncccn1. The number of hydrogen-bond donors (Lipinski definition) is 1. The Labute approximate surface area is 235 Å². The topological polar surface area (TPSA) is 90.8 Å². The number of unbranched alkanes of at least 4 members (excludes halogenated alkanes) is 15. The van der Waals surface area contributed by atoms with Crippen molar-refractivity contribution < 1.29 is 23.5 Å². The zero-order valence-corrected chi connectivity index (χ0v) is 25.0. The van der Waals surface area contributed by atoms with Gasteiger partial charge in [0.2, 0.25) is 0 Å². The molecule has 1 aromatic rings. The van der Waals surface area contributed by atoms with Crippen molar-refractivity contribution in [1.82, 2.24) is 9.97 Å². The lowest BCUT2D eigenvalue weighted by molar-refractivity contribution is 0.0422. The molecule has 0 aliphatic heterocycles. The number of nitrogens with zero attached hydrogens (tertiary/aromatic N) is 2. The number of rotatable bonds is 29. The van der Waals surface area contributed by atoms with Gasteiger partial charge in [0.1, 0.15) is 6.10 Å². The van der Waals surface area contributed by atoms with E-state index in [9.17, 15) is 4.21 Å². The monoisotopic (exact) mass is 556 g/mol. The molecule has 0 saturated carbocycles. The van der Waals surface area contributed by atoms with E-state index >= 15 is 0 Å². The van der Waals surface area contributed by atoms with E-state index in [0.717, 1.165) is 6.42 Å². The highest BCUT2D eigenvalue weighted by atomic mass is 32.2. The maximum Gasteiger partial charge on any atom is 0.316 e. The molecule has 38 heavy (non-hydrogen) atoms. The molecule has 0 aliphatic rings. The minimum absolute atomic E-state index is 0.0175.